The Morgan fingerprint density at radius 3 is 2.52 bits per heavy atom. The smallest absolute Gasteiger partial charge is 0.149 e. The van der Waals surface area contributed by atoms with Gasteiger partial charge >= 0.3 is 0 Å². The number of nitrogens with one attached hydrogen (secondary N) is 1. The van der Waals surface area contributed by atoms with Crippen LogP contribution in [0.4, 0.5) is 0 Å². The van der Waals surface area contributed by atoms with Gasteiger partial charge < -0.3 is 18.9 Å². The largest absolute Gasteiger partial charge is 0.461 e. The molecule has 21 heavy (non-hydrogen) atoms. The van der Waals surface area contributed by atoms with E-state index < -0.39 is 0 Å². The number of fused-ring (bicyclic) bond motifs is 2. The monoisotopic (exact) mass is 349 g/mol. The second-order valence-corrected chi connectivity index (χ2v) is 6.28. The second-order valence-electron chi connectivity index (χ2n) is 5.49. The molecule has 3 heterocycles. The second kappa shape index (κ2) is 4.87. The van der Waals surface area contributed by atoms with Crippen LogP contribution in [-0.4, -0.2) is 19.7 Å². The zero-order valence-corrected chi connectivity index (χ0v) is 13.5. The lowest BCUT2D eigenvalue weighted by Gasteiger charge is -2.24. The van der Waals surface area contributed by atoms with Crippen molar-refractivity contribution >= 4 is 37.9 Å². The van der Waals surface area contributed by atoms with E-state index in [1.807, 2.05) is 19.9 Å². The summed E-state index contributed by atoms with van der Waals surface area (Å²) in [5.41, 5.74) is 2.84. The first-order valence-electron chi connectivity index (χ1n) is 7.09. The molecule has 1 fully saturated rings. The molecule has 0 bridgehead atoms. The van der Waals surface area contributed by atoms with Crippen molar-refractivity contribution in [3.05, 3.63) is 33.7 Å². The van der Waals surface area contributed by atoms with E-state index in [4.69, 9.17) is 13.6 Å². The average Bonchev–Trinajstić information content (AvgIpc) is 3.03. The standard InChI is InChI=1S/C16H16BrNO3/c1-8-5-10-13(12-7-18-3-4-19-12)15-11(6-9(2)20-15)14(17)16(10)21-8/h5-6,12,18H,3-4,7H2,1-2H3. The quantitative estimate of drug-likeness (QED) is 0.714. The summed E-state index contributed by atoms with van der Waals surface area (Å²) in [6.45, 7) is 6.31. The van der Waals surface area contributed by atoms with Gasteiger partial charge in [0.25, 0.3) is 0 Å². The van der Waals surface area contributed by atoms with Crippen molar-refractivity contribution in [1.82, 2.24) is 5.32 Å². The molecule has 1 aromatic carbocycles. The number of benzene rings is 1. The Bertz CT molecular complexity index is 769. The Morgan fingerprint density at radius 1 is 1.10 bits per heavy atom. The van der Waals surface area contributed by atoms with E-state index >= 15 is 0 Å². The van der Waals surface area contributed by atoms with E-state index in [0.29, 0.717) is 6.61 Å². The summed E-state index contributed by atoms with van der Waals surface area (Å²) in [6, 6.07) is 4.10. The van der Waals surface area contributed by atoms with Gasteiger partial charge in [-0.1, -0.05) is 0 Å². The fourth-order valence-electron chi connectivity index (χ4n) is 3.07. The Kier molecular flexibility index (Phi) is 3.10. The van der Waals surface area contributed by atoms with Crippen molar-refractivity contribution in [1.29, 1.82) is 0 Å². The van der Waals surface area contributed by atoms with Gasteiger partial charge in [0.15, 0.2) is 0 Å². The molecule has 1 aliphatic heterocycles. The van der Waals surface area contributed by atoms with E-state index in [1.54, 1.807) is 0 Å². The van der Waals surface area contributed by atoms with E-state index in [-0.39, 0.29) is 6.10 Å². The van der Waals surface area contributed by atoms with Gasteiger partial charge in [-0.05, 0) is 41.9 Å². The highest BCUT2D eigenvalue weighted by molar-refractivity contribution is 9.10. The molecule has 1 atom stereocenters. The van der Waals surface area contributed by atoms with Gasteiger partial charge in [-0.25, -0.2) is 0 Å². The lowest BCUT2D eigenvalue weighted by Crippen LogP contribution is -2.33. The molecule has 1 unspecified atom stereocenters. The summed E-state index contributed by atoms with van der Waals surface area (Å²) in [5, 5.41) is 5.49. The Hall–Kier alpha value is -1.30. The number of rotatable bonds is 1. The van der Waals surface area contributed by atoms with Crippen molar-refractivity contribution in [3.63, 3.8) is 0 Å². The molecule has 0 aliphatic carbocycles. The molecule has 0 spiro atoms. The van der Waals surface area contributed by atoms with Crippen molar-refractivity contribution in [2.45, 2.75) is 20.0 Å². The lowest BCUT2D eigenvalue weighted by atomic mass is 10.0. The van der Waals surface area contributed by atoms with Gasteiger partial charge in [0.2, 0.25) is 0 Å². The van der Waals surface area contributed by atoms with E-state index in [2.05, 4.69) is 27.3 Å². The minimum absolute atomic E-state index is 0.0144. The molecule has 5 heteroatoms. The van der Waals surface area contributed by atoms with Gasteiger partial charge in [0.1, 0.15) is 22.7 Å². The molecule has 3 aromatic rings. The maximum atomic E-state index is 5.97. The molecule has 4 nitrogen and oxygen atoms in total. The molecular weight excluding hydrogens is 334 g/mol. The predicted molar refractivity (Wildman–Crippen MR) is 84.7 cm³/mol. The van der Waals surface area contributed by atoms with Gasteiger partial charge in [-0.15, -0.1) is 0 Å². The maximum absolute atomic E-state index is 5.97. The summed E-state index contributed by atoms with van der Waals surface area (Å²) in [6.07, 6.45) is -0.0144. The first-order valence-corrected chi connectivity index (χ1v) is 7.88. The summed E-state index contributed by atoms with van der Waals surface area (Å²) in [7, 11) is 0. The molecule has 110 valence electrons. The first kappa shape index (κ1) is 13.4. The number of furan rings is 2. The van der Waals surface area contributed by atoms with E-state index in [9.17, 15) is 0 Å². The Labute approximate surface area is 130 Å². The van der Waals surface area contributed by atoms with Crippen molar-refractivity contribution < 1.29 is 13.6 Å². The highest BCUT2D eigenvalue weighted by atomic mass is 79.9. The summed E-state index contributed by atoms with van der Waals surface area (Å²) in [5.74, 6) is 1.78. The maximum Gasteiger partial charge on any atom is 0.149 e. The van der Waals surface area contributed by atoms with Crippen molar-refractivity contribution in [3.8, 4) is 0 Å². The Morgan fingerprint density at radius 2 is 1.81 bits per heavy atom. The van der Waals surface area contributed by atoms with E-state index in [0.717, 1.165) is 56.6 Å². The van der Waals surface area contributed by atoms with Crippen LogP contribution in [0.1, 0.15) is 23.2 Å². The third-order valence-electron chi connectivity index (χ3n) is 3.93. The highest BCUT2D eigenvalue weighted by Crippen LogP contribution is 2.42. The molecule has 1 aliphatic rings. The van der Waals surface area contributed by atoms with Gasteiger partial charge in [-0.2, -0.15) is 0 Å². The number of halogens is 1. The molecule has 1 N–H and O–H groups in total. The number of ether oxygens (including phenoxy) is 1. The van der Waals surface area contributed by atoms with Gasteiger partial charge in [0.05, 0.1) is 17.2 Å². The number of hydrogen-bond donors (Lipinski definition) is 1. The molecule has 0 amide bonds. The minimum atomic E-state index is -0.0144. The van der Waals surface area contributed by atoms with Gasteiger partial charge in [-0.3, -0.25) is 0 Å². The van der Waals surface area contributed by atoms with Crippen LogP contribution in [0.5, 0.6) is 0 Å². The van der Waals surface area contributed by atoms with Gasteiger partial charge in [0, 0.05) is 29.4 Å². The normalized spacial score (nSPS) is 19.7. The zero-order valence-electron chi connectivity index (χ0n) is 12.0. The lowest BCUT2D eigenvalue weighted by molar-refractivity contribution is 0.0289. The molecule has 0 radical (unpaired) electrons. The number of morpholine rings is 1. The molecule has 4 rings (SSSR count). The topological polar surface area (TPSA) is 47.5 Å². The van der Waals surface area contributed by atoms with Crippen LogP contribution in [0.3, 0.4) is 0 Å². The Balaban J connectivity index is 2.09. The molecule has 1 saturated heterocycles. The van der Waals surface area contributed by atoms with Crippen LogP contribution < -0.4 is 5.32 Å². The fourth-order valence-corrected chi connectivity index (χ4v) is 3.66. The summed E-state index contributed by atoms with van der Waals surface area (Å²) in [4.78, 5) is 0. The first-order chi connectivity index (χ1) is 10.1. The van der Waals surface area contributed by atoms with Crippen LogP contribution >= 0.6 is 15.9 Å². The summed E-state index contributed by atoms with van der Waals surface area (Å²) >= 11 is 3.66. The van der Waals surface area contributed by atoms with E-state index in [1.165, 1.54) is 0 Å². The summed E-state index contributed by atoms with van der Waals surface area (Å²) < 4.78 is 18.8. The van der Waals surface area contributed by atoms with Crippen LogP contribution in [0.25, 0.3) is 21.9 Å². The van der Waals surface area contributed by atoms with Crippen LogP contribution in [0, 0.1) is 13.8 Å². The van der Waals surface area contributed by atoms with Crippen molar-refractivity contribution in [2.24, 2.45) is 0 Å². The SMILES string of the molecule is Cc1cc2c(C3CNCCO3)c3oc(C)cc3c(Br)c2o1. The predicted octanol–water partition coefficient (Wildman–Crippen LogP) is 4.22. The average molecular weight is 350 g/mol. The molecule has 0 saturated carbocycles. The highest BCUT2D eigenvalue weighted by Gasteiger charge is 2.26. The molecule has 2 aromatic heterocycles. The van der Waals surface area contributed by atoms with Crippen LogP contribution in [-0.2, 0) is 4.74 Å². The third-order valence-corrected chi connectivity index (χ3v) is 4.72. The number of aryl methyl sites for hydroxylation is 2. The minimum Gasteiger partial charge on any atom is -0.461 e. The zero-order chi connectivity index (χ0) is 14.6. The fraction of sp³-hybridized carbons (Fsp3) is 0.375. The third kappa shape index (κ3) is 2.03. The van der Waals surface area contributed by atoms with Crippen molar-refractivity contribution in [2.75, 3.05) is 19.7 Å². The van der Waals surface area contributed by atoms with Crippen LogP contribution in [0.15, 0.2) is 25.4 Å². The number of hydrogen-bond acceptors (Lipinski definition) is 4. The molecular formula is C16H16BrNO3. The van der Waals surface area contributed by atoms with Crippen LogP contribution in [0.2, 0.25) is 0 Å².